The number of hydrogen-bond donors (Lipinski definition) is 2. The first-order valence-electron chi connectivity index (χ1n) is 7.54. The van der Waals surface area contributed by atoms with Gasteiger partial charge in [0.25, 0.3) is 0 Å². The zero-order valence-electron chi connectivity index (χ0n) is 12.0. The zero-order chi connectivity index (χ0) is 13.5. The summed E-state index contributed by atoms with van der Waals surface area (Å²) in [5, 5.41) is 3.66. The monoisotopic (exact) mass is 262 g/mol. The van der Waals surface area contributed by atoms with E-state index >= 15 is 0 Å². The van der Waals surface area contributed by atoms with Gasteiger partial charge in [-0.05, 0) is 50.4 Å². The van der Waals surface area contributed by atoms with Crippen LogP contribution >= 0.6 is 0 Å². The van der Waals surface area contributed by atoms with Crippen LogP contribution in [0.5, 0.6) is 5.75 Å². The van der Waals surface area contributed by atoms with Crippen molar-refractivity contribution in [1.82, 2.24) is 5.32 Å². The Balaban J connectivity index is 1.77. The molecule has 1 aromatic rings. The van der Waals surface area contributed by atoms with Crippen LogP contribution in [0, 0.1) is 0 Å². The molecule has 0 unspecified atom stereocenters. The molecule has 0 aliphatic heterocycles. The maximum Gasteiger partial charge on any atom is 0.142 e. The molecular weight excluding hydrogens is 236 g/mol. The van der Waals surface area contributed by atoms with Crippen LogP contribution in [0.25, 0.3) is 0 Å². The molecule has 0 aromatic heterocycles. The Hall–Kier alpha value is -1.22. The van der Waals surface area contributed by atoms with Crippen LogP contribution in [0.4, 0.5) is 5.69 Å². The van der Waals surface area contributed by atoms with Gasteiger partial charge in [0.1, 0.15) is 5.75 Å². The van der Waals surface area contributed by atoms with Gasteiger partial charge in [-0.25, -0.2) is 0 Å². The first kappa shape index (κ1) is 14.2. The highest BCUT2D eigenvalue weighted by Gasteiger charge is 2.12. The number of nitrogens with two attached hydrogens (primary N) is 1. The Morgan fingerprint density at radius 2 is 2.05 bits per heavy atom. The second-order valence-electron chi connectivity index (χ2n) is 5.34. The van der Waals surface area contributed by atoms with E-state index in [1.165, 1.54) is 37.7 Å². The summed E-state index contributed by atoms with van der Waals surface area (Å²) in [4.78, 5) is 0. The summed E-state index contributed by atoms with van der Waals surface area (Å²) in [6.45, 7) is 3.67. The predicted molar refractivity (Wildman–Crippen MR) is 80.6 cm³/mol. The van der Waals surface area contributed by atoms with Crippen molar-refractivity contribution in [2.45, 2.75) is 51.5 Å². The number of benzene rings is 1. The van der Waals surface area contributed by atoms with E-state index < -0.39 is 0 Å². The van der Waals surface area contributed by atoms with E-state index in [1.807, 2.05) is 19.1 Å². The number of nitrogen functional groups attached to an aromatic ring is 1. The van der Waals surface area contributed by atoms with Gasteiger partial charge in [-0.1, -0.05) is 25.3 Å². The molecule has 0 heterocycles. The molecule has 19 heavy (non-hydrogen) atoms. The predicted octanol–water partition coefficient (Wildman–Crippen LogP) is 3.13. The third kappa shape index (κ3) is 4.43. The Morgan fingerprint density at radius 3 is 2.74 bits per heavy atom. The van der Waals surface area contributed by atoms with E-state index in [1.54, 1.807) is 0 Å². The van der Waals surface area contributed by atoms with Crippen molar-refractivity contribution < 1.29 is 4.74 Å². The average Bonchev–Trinajstić information content (AvgIpc) is 2.43. The summed E-state index contributed by atoms with van der Waals surface area (Å²) in [6, 6.07) is 6.86. The van der Waals surface area contributed by atoms with Gasteiger partial charge >= 0.3 is 0 Å². The molecule has 1 saturated carbocycles. The molecule has 1 aliphatic carbocycles. The van der Waals surface area contributed by atoms with Gasteiger partial charge in [0.05, 0.1) is 12.3 Å². The van der Waals surface area contributed by atoms with Gasteiger partial charge in [-0.3, -0.25) is 0 Å². The summed E-state index contributed by atoms with van der Waals surface area (Å²) in [6.07, 6.45) is 7.89. The smallest absolute Gasteiger partial charge is 0.142 e. The van der Waals surface area contributed by atoms with Crippen molar-refractivity contribution in [3.05, 3.63) is 23.8 Å². The topological polar surface area (TPSA) is 47.3 Å². The number of nitrogens with one attached hydrogen (secondary N) is 1. The van der Waals surface area contributed by atoms with Crippen LogP contribution in [-0.4, -0.2) is 19.2 Å². The molecule has 2 rings (SSSR count). The lowest BCUT2D eigenvalue weighted by Crippen LogP contribution is -2.32. The standard InChI is InChI=1S/C16H26N2O/c1-2-19-16-9-8-13(12-15(16)17)10-11-18-14-6-4-3-5-7-14/h8-9,12,14,18H,2-7,10-11,17H2,1H3. The van der Waals surface area contributed by atoms with Gasteiger partial charge in [0.15, 0.2) is 0 Å². The lowest BCUT2D eigenvalue weighted by molar-refractivity contribution is 0.342. The molecule has 106 valence electrons. The zero-order valence-corrected chi connectivity index (χ0v) is 12.0. The summed E-state index contributed by atoms with van der Waals surface area (Å²) in [7, 11) is 0. The quantitative estimate of drug-likeness (QED) is 0.774. The van der Waals surface area contributed by atoms with Crippen LogP contribution in [0.1, 0.15) is 44.6 Å². The molecule has 0 saturated heterocycles. The lowest BCUT2D eigenvalue weighted by Gasteiger charge is -2.22. The van der Waals surface area contributed by atoms with Crippen LogP contribution in [0.15, 0.2) is 18.2 Å². The number of ether oxygens (including phenoxy) is 1. The third-order valence-electron chi connectivity index (χ3n) is 3.83. The maximum absolute atomic E-state index is 5.98. The van der Waals surface area contributed by atoms with Crippen LogP contribution < -0.4 is 15.8 Å². The molecular formula is C16H26N2O. The van der Waals surface area contributed by atoms with Crippen molar-refractivity contribution in [3.63, 3.8) is 0 Å². The number of rotatable bonds is 6. The first-order chi connectivity index (χ1) is 9.29. The van der Waals surface area contributed by atoms with E-state index in [0.717, 1.165) is 30.4 Å². The minimum absolute atomic E-state index is 0.660. The fourth-order valence-electron chi connectivity index (χ4n) is 2.77. The number of hydrogen-bond acceptors (Lipinski definition) is 3. The summed E-state index contributed by atoms with van der Waals surface area (Å²) in [5.74, 6) is 0.798. The minimum atomic E-state index is 0.660. The van der Waals surface area contributed by atoms with E-state index in [9.17, 15) is 0 Å². The highest BCUT2D eigenvalue weighted by molar-refractivity contribution is 5.54. The van der Waals surface area contributed by atoms with Crippen LogP contribution in [0.2, 0.25) is 0 Å². The Bertz CT molecular complexity index is 386. The highest BCUT2D eigenvalue weighted by atomic mass is 16.5. The van der Waals surface area contributed by atoms with Gasteiger partial charge in [-0.2, -0.15) is 0 Å². The van der Waals surface area contributed by atoms with Gasteiger partial charge < -0.3 is 15.8 Å². The van der Waals surface area contributed by atoms with E-state index in [0.29, 0.717) is 6.61 Å². The van der Waals surface area contributed by atoms with Crippen molar-refractivity contribution >= 4 is 5.69 Å². The second-order valence-corrected chi connectivity index (χ2v) is 5.34. The lowest BCUT2D eigenvalue weighted by atomic mass is 9.95. The molecule has 0 bridgehead atoms. The molecule has 0 amide bonds. The van der Waals surface area contributed by atoms with E-state index in [4.69, 9.17) is 10.5 Å². The fraction of sp³-hybridized carbons (Fsp3) is 0.625. The van der Waals surface area contributed by atoms with Crippen molar-refractivity contribution in [1.29, 1.82) is 0 Å². The van der Waals surface area contributed by atoms with Gasteiger partial charge in [-0.15, -0.1) is 0 Å². The maximum atomic E-state index is 5.98. The normalized spacial score (nSPS) is 16.5. The highest BCUT2D eigenvalue weighted by Crippen LogP contribution is 2.23. The summed E-state index contributed by atoms with van der Waals surface area (Å²) in [5.41, 5.74) is 8.01. The number of anilines is 1. The molecule has 1 aliphatic rings. The summed E-state index contributed by atoms with van der Waals surface area (Å²) < 4.78 is 5.45. The fourth-order valence-corrected chi connectivity index (χ4v) is 2.77. The van der Waals surface area contributed by atoms with Gasteiger partial charge in [0, 0.05) is 6.04 Å². The van der Waals surface area contributed by atoms with Crippen molar-refractivity contribution in [2.24, 2.45) is 0 Å². The molecule has 3 nitrogen and oxygen atoms in total. The molecule has 0 atom stereocenters. The largest absolute Gasteiger partial charge is 0.492 e. The average molecular weight is 262 g/mol. The molecule has 1 aromatic carbocycles. The molecule has 0 radical (unpaired) electrons. The molecule has 1 fully saturated rings. The van der Waals surface area contributed by atoms with E-state index in [2.05, 4.69) is 11.4 Å². The Morgan fingerprint density at radius 1 is 1.26 bits per heavy atom. The molecule has 3 N–H and O–H groups in total. The van der Waals surface area contributed by atoms with Gasteiger partial charge in [0.2, 0.25) is 0 Å². The van der Waals surface area contributed by atoms with E-state index in [-0.39, 0.29) is 0 Å². The van der Waals surface area contributed by atoms with Crippen molar-refractivity contribution in [3.8, 4) is 5.75 Å². The SMILES string of the molecule is CCOc1ccc(CCNC2CCCCC2)cc1N. The third-order valence-corrected chi connectivity index (χ3v) is 3.83. The van der Waals surface area contributed by atoms with Crippen LogP contribution in [0.3, 0.4) is 0 Å². The van der Waals surface area contributed by atoms with Crippen LogP contribution in [-0.2, 0) is 6.42 Å². The molecule has 3 heteroatoms. The summed E-state index contributed by atoms with van der Waals surface area (Å²) >= 11 is 0. The molecule has 0 spiro atoms. The Labute approximate surface area is 116 Å². The Kier molecular flexibility index (Phi) is 5.52. The minimum Gasteiger partial charge on any atom is -0.492 e. The van der Waals surface area contributed by atoms with Crippen molar-refractivity contribution in [2.75, 3.05) is 18.9 Å². The first-order valence-corrected chi connectivity index (χ1v) is 7.54. The second kappa shape index (κ2) is 7.39.